The van der Waals surface area contributed by atoms with Gasteiger partial charge in [-0.25, -0.2) is 0 Å². The molecule has 6 heteroatoms. The van der Waals surface area contributed by atoms with Crippen LogP contribution < -0.4 is 10.1 Å². The van der Waals surface area contributed by atoms with E-state index in [1.165, 1.54) is 0 Å². The number of hydrogen-bond acceptors (Lipinski definition) is 3. The van der Waals surface area contributed by atoms with Crippen molar-refractivity contribution in [2.24, 2.45) is 0 Å². The highest BCUT2D eigenvalue weighted by molar-refractivity contribution is 6.36. The van der Waals surface area contributed by atoms with E-state index >= 15 is 0 Å². The molecule has 2 rings (SSSR count). The van der Waals surface area contributed by atoms with Crippen LogP contribution in [0.4, 0.5) is 5.69 Å². The second kappa shape index (κ2) is 7.17. The average Bonchev–Trinajstić information content (AvgIpc) is 2.50. The number of carbonyl (C=O) groups excluding carboxylic acids is 1. The Hall–Kier alpha value is -2.22. The van der Waals surface area contributed by atoms with E-state index in [1.54, 1.807) is 49.4 Å². The first kappa shape index (κ1) is 16.2. The van der Waals surface area contributed by atoms with Gasteiger partial charge in [-0.2, -0.15) is 5.26 Å². The van der Waals surface area contributed by atoms with E-state index in [9.17, 15) is 4.79 Å². The molecule has 0 aliphatic heterocycles. The second-order valence-corrected chi connectivity index (χ2v) is 5.35. The van der Waals surface area contributed by atoms with Crippen LogP contribution in [0.5, 0.6) is 5.75 Å². The molecular formula is C16H12Cl2N2O2. The number of anilines is 1. The first-order valence-electron chi connectivity index (χ1n) is 6.42. The number of hydrogen-bond donors (Lipinski definition) is 1. The number of nitriles is 1. The van der Waals surface area contributed by atoms with Gasteiger partial charge in [-0.3, -0.25) is 4.79 Å². The van der Waals surface area contributed by atoms with Crippen LogP contribution in [0, 0.1) is 11.3 Å². The zero-order chi connectivity index (χ0) is 16.1. The van der Waals surface area contributed by atoms with E-state index < -0.39 is 6.10 Å². The third-order valence-corrected chi connectivity index (χ3v) is 3.40. The third-order valence-electron chi connectivity index (χ3n) is 2.85. The quantitative estimate of drug-likeness (QED) is 0.907. The van der Waals surface area contributed by atoms with Crippen molar-refractivity contribution in [2.75, 3.05) is 5.32 Å². The van der Waals surface area contributed by atoms with Crippen molar-refractivity contribution < 1.29 is 9.53 Å². The molecular weight excluding hydrogens is 323 g/mol. The molecule has 0 heterocycles. The summed E-state index contributed by atoms with van der Waals surface area (Å²) < 4.78 is 5.52. The van der Waals surface area contributed by atoms with Crippen LogP contribution in [-0.4, -0.2) is 12.0 Å². The maximum Gasteiger partial charge on any atom is 0.265 e. The lowest BCUT2D eigenvalue weighted by molar-refractivity contribution is -0.122. The van der Waals surface area contributed by atoms with Crippen molar-refractivity contribution in [2.45, 2.75) is 13.0 Å². The Morgan fingerprint density at radius 1 is 1.23 bits per heavy atom. The Balaban J connectivity index is 2.01. The van der Waals surface area contributed by atoms with Gasteiger partial charge >= 0.3 is 0 Å². The van der Waals surface area contributed by atoms with E-state index in [2.05, 4.69) is 5.32 Å². The summed E-state index contributed by atoms with van der Waals surface area (Å²) in [5.41, 5.74) is 0.990. The molecule has 1 amide bonds. The zero-order valence-corrected chi connectivity index (χ0v) is 13.2. The Bertz CT molecular complexity index is 724. The standard InChI is InChI=1S/C16H12Cl2N2O2/c1-10(22-13-5-2-11(9-19)3-6-13)16(21)20-15-7-4-12(17)8-14(15)18/h2-8,10H,1H3,(H,20,21). The zero-order valence-electron chi connectivity index (χ0n) is 11.6. The summed E-state index contributed by atoms with van der Waals surface area (Å²) in [7, 11) is 0. The Kier molecular flexibility index (Phi) is 5.26. The molecule has 1 unspecified atom stereocenters. The number of rotatable bonds is 4. The van der Waals surface area contributed by atoms with E-state index in [-0.39, 0.29) is 5.91 Å². The van der Waals surface area contributed by atoms with Crippen molar-refractivity contribution in [3.63, 3.8) is 0 Å². The highest BCUT2D eigenvalue weighted by atomic mass is 35.5. The fourth-order valence-electron chi connectivity index (χ4n) is 1.69. The Labute approximate surface area is 138 Å². The fourth-order valence-corrected chi connectivity index (χ4v) is 2.15. The number of amides is 1. The van der Waals surface area contributed by atoms with Crippen LogP contribution in [0.2, 0.25) is 10.0 Å². The van der Waals surface area contributed by atoms with Crippen molar-refractivity contribution in [3.05, 3.63) is 58.1 Å². The maximum absolute atomic E-state index is 12.1. The minimum absolute atomic E-state index is 0.339. The van der Waals surface area contributed by atoms with E-state index in [0.717, 1.165) is 0 Å². The molecule has 0 saturated heterocycles. The number of ether oxygens (including phenoxy) is 1. The molecule has 0 bridgehead atoms. The van der Waals surface area contributed by atoms with Crippen LogP contribution in [0.1, 0.15) is 12.5 Å². The number of benzene rings is 2. The minimum Gasteiger partial charge on any atom is -0.481 e. The first-order chi connectivity index (χ1) is 10.5. The summed E-state index contributed by atoms with van der Waals surface area (Å²) in [5, 5.41) is 12.2. The molecule has 0 fully saturated rings. The van der Waals surface area contributed by atoms with Crippen molar-refractivity contribution in [3.8, 4) is 11.8 Å². The number of carbonyl (C=O) groups is 1. The monoisotopic (exact) mass is 334 g/mol. The number of nitrogens with zero attached hydrogens (tertiary/aromatic N) is 1. The van der Waals surface area contributed by atoms with Crippen LogP contribution in [0.25, 0.3) is 0 Å². The number of nitrogens with one attached hydrogen (secondary N) is 1. The summed E-state index contributed by atoms with van der Waals surface area (Å²) >= 11 is 11.8. The predicted molar refractivity (Wildman–Crippen MR) is 86.3 cm³/mol. The predicted octanol–water partition coefficient (Wildman–Crippen LogP) is 4.27. The van der Waals surface area contributed by atoms with Crippen molar-refractivity contribution >= 4 is 34.8 Å². The van der Waals surface area contributed by atoms with Crippen LogP contribution in [0.15, 0.2) is 42.5 Å². The van der Waals surface area contributed by atoms with Crippen LogP contribution >= 0.6 is 23.2 Å². The molecule has 1 N–H and O–H groups in total. The molecule has 0 aromatic heterocycles. The first-order valence-corrected chi connectivity index (χ1v) is 7.18. The summed E-state index contributed by atoms with van der Waals surface area (Å²) in [6, 6.07) is 13.3. The highest BCUT2D eigenvalue weighted by Gasteiger charge is 2.16. The summed E-state index contributed by atoms with van der Waals surface area (Å²) in [4.78, 5) is 12.1. The summed E-state index contributed by atoms with van der Waals surface area (Å²) in [6.45, 7) is 1.62. The van der Waals surface area contributed by atoms with Gasteiger partial charge < -0.3 is 10.1 Å². The number of halogens is 2. The summed E-state index contributed by atoms with van der Waals surface area (Å²) in [5.74, 6) is 0.164. The molecule has 0 aliphatic rings. The normalized spacial score (nSPS) is 11.4. The van der Waals surface area contributed by atoms with Gasteiger partial charge in [0, 0.05) is 5.02 Å². The molecule has 112 valence electrons. The fraction of sp³-hybridized carbons (Fsp3) is 0.125. The van der Waals surface area contributed by atoms with Gasteiger partial charge in [0.2, 0.25) is 0 Å². The molecule has 1 atom stereocenters. The lowest BCUT2D eigenvalue weighted by Crippen LogP contribution is -2.30. The van der Waals surface area contributed by atoms with Gasteiger partial charge in [0.15, 0.2) is 6.10 Å². The third kappa shape index (κ3) is 4.14. The second-order valence-electron chi connectivity index (χ2n) is 4.51. The maximum atomic E-state index is 12.1. The largest absolute Gasteiger partial charge is 0.481 e. The molecule has 4 nitrogen and oxygen atoms in total. The Morgan fingerprint density at radius 2 is 1.91 bits per heavy atom. The van der Waals surface area contributed by atoms with Gasteiger partial charge in [0.05, 0.1) is 22.3 Å². The van der Waals surface area contributed by atoms with Gasteiger partial charge in [-0.05, 0) is 49.4 Å². The molecule has 2 aromatic rings. The van der Waals surface area contributed by atoms with Gasteiger partial charge in [0.25, 0.3) is 5.91 Å². The minimum atomic E-state index is -0.723. The van der Waals surface area contributed by atoms with Crippen LogP contribution in [0.3, 0.4) is 0 Å². The lowest BCUT2D eigenvalue weighted by Gasteiger charge is -2.15. The molecule has 2 aromatic carbocycles. The molecule has 22 heavy (non-hydrogen) atoms. The molecule has 0 spiro atoms. The van der Waals surface area contributed by atoms with Gasteiger partial charge in [-0.15, -0.1) is 0 Å². The van der Waals surface area contributed by atoms with Crippen molar-refractivity contribution in [1.29, 1.82) is 5.26 Å². The topological polar surface area (TPSA) is 62.1 Å². The van der Waals surface area contributed by atoms with E-state index in [0.29, 0.717) is 27.0 Å². The molecule has 0 aliphatic carbocycles. The molecule has 0 saturated carbocycles. The Morgan fingerprint density at radius 3 is 2.50 bits per heavy atom. The SMILES string of the molecule is CC(Oc1ccc(C#N)cc1)C(=O)Nc1ccc(Cl)cc1Cl. The lowest BCUT2D eigenvalue weighted by atomic mass is 10.2. The van der Waals surface area contributed by atoms with Gasteiger partial charge in [0.1, 0.15) is 5.75 Å². The average molecular weight is 335 g/mol. The van der Waals surface area contributed by atoms with Crippen LogP contribution in [-0.2, 0) is 4.79 Å². The van der Waals surface area contributed by atoms with Crippen molar-refractivity contribution in [1.82, 2.24) is 0 Å². The van der Waals surface area contributed by atoms with E-state index in [4.69, 9.17) is 33.2 Å². The molecule has 0 radical (unpaired) electrons. The van der Waals surface area contributed by atoms with Gasteiger partial charge in [-0.1, -0.05) is 23.2 Å². The smallest absolute Gasteiger partial charge is 0.265 e. The van der Waals surface area contributed by atoms with E-state index in [1.807, 2.05) is 6.07 Å². The highest BCUT2D eigenvalue weighted by Crippen LogP contribution is 2.25. The summed E-state index contributed by atoms with van der Waals surface area (Å²) in [6.07, 6.45) is -0.723.